The zero-order valence-corrected chi connectivity index (χ0v) is 10.8. The molecule has 0 saturated carbocycles. The fourth-order valence-corrected chi connectivity index (χ4v) is 1.95. The Morgan fingerprint density at radius 3 is 2.84 bits per heavy atom. The average molecular weight is 258 g/mol. The minimum Gasteiger partial charge on any atom is -0.481 e. The lowest BCUT2D eigenvalue weighted by atomic mass is 10.0. The largest absolute Gasteiger partial charge is 0.481 e. The molecular weight excluding hydrogens is 244 g/mol. The molecule has 0 aliphatic rings. The van der Waals surface area contributed by atoms with Crippen LogP contribution in [0.15, 0.2) is 30.6 Å². The summed E-state index contributed by atoms with van der Waals surface area (Å²) in [4.78, 5) is 19.0. The minimum absolute atomic E-state index is 0.0110. The first-order valence-electron chi connectivity index (χ1n) is 5.78. The Balaban J connectivity index is 2.50. The van der Waals surface area contributed by atoms with Crippen LogP contribution in [0.25, 0.3) is 11.1 Å². The van der Waals surface area contributed by atoms with Crippen molar-refractivity contribution in [1.29, 1.82) is 0 Å². The monoisotopic (exact) mass is 258 g/mol. The third kappa shape index (κ3) is 2.88. The van der Waals surface area contributed by atoms with E-state index in [0.29, 0.717) is 5.88 Å². The fraction of sp³-hybridized carbons (Fsp3) is 0.214. The maximum Gasteiger partial charge on any atom is 0.307 e. The van der Waals surface area contributed by atoms with Crippen LogP contribution in [0.3, 0.4) is 0 Å². The van der Waals surface area contributed by atoms with Gasteiger partial charge in [-0.15, -0.1) is 0 Å². The second-order valence-corrected chi connectivity index (χ2v) is 4.11. The maximum atomic E-state index is 10.8. The molecule has 2 aromatic rings. The smallest absolute Gasteiger partial charge is 0.307 e. The summed E-state index contributed by atoms with van der Waals surface area (Å²) in [6.45, 7) is 1.86. The van der Waals surface area contributed by atoms with Crippen molar-refractivity contribution in [2.45, 2.75) is 13.3 Å². The van der Waals surface area contributed by atoms with Gasteiger partial charge in [-0.2, -0.15) is 0 Å². The Labute approximate surface area is 110 Å². The number of hydrogen-bond donors (Lipinski definition) is 1. The van der Waals surface area contributed by atoms with Crippen molar-refractivity contribution in [1.82, 2.24) is 9.97 Å². The van der Waals surface area contributed by atoms with Gasteiger partial charge in [0.25, 0.3) is 0 Å². The van der Waals surface area contributed by atoms with Crippen molar-refractivity contribution < 1.29 is 14.6 Å². The number of aliphatic carboxylic acids is 1. The highest BCUT2D eigenvalue weighted by Crippen LogP contribution is 2.30. The number of methoxy groups -OCH3 is 1. The molecule has 0 aliphatic carbocycles. The van der Waals surface area contributed by atoms with E-state index in [0.717, 1.165) is 22.4 Å². The molecule has 5 heteroatoms. The zero-order chi connectivity index (χ0) is 13.8. The average Bonchev–Trinajstić information content (AvgIpc) is 2.37. The van der Waals surface area contributed by atoms with Gasteiger partial charge in [-0.3, -0.25) is 4.79 Å². The van der Waals surface area contributed by atoms with Gasteiger partial charge in [-0.1, -0.05) is 24.3 Å². The number of aromatic nitrogens is 2. The van der Waals surface area contributed by atoms with Crippen LogP contribution in [-0.4, -0.2) is 28.2 Å². The second kappa shape index (κ2) is 5.48. The molecule has 0 unspecified atom stereocenters. The summed E-state index contributed by atoms with van der Waals surface area (Å²) in [5, 5.41) is 8.83. The van der Waals surface area contributed by atoms with Crippen molar-refractivity contribution in [3.8, 4) is 17.0 Å². The second-order valence-electron chi connectivity index (χ2n) is 4.11. The summed E-state index contributed by atoms with van der Waals surface area (Å²) < 4.78 is 5.23. The van der Waals surface area contributed by atoms with E-state index in [1.807, 2.05) is 25.1 Å². The van der Waals surface area contributed by atoms with Gasteiger partial charge in [0.2, 0.25) is 5.88 Å². The van der Waals surface area contributed by atoms with Gasteiger partial charge in [0.05, 0.1) is 24.8 Å². The summed E-state index contributed by atoms with van der Waals surface area (Å²) in [7, 11) is 1.55. The Bertz CT molecular complexity index is 611. The lowest BCUT2D eigenvalue weighted by molar-refractivity contribution is -0.136. The first kappa shape index (κ1) is 13.0. The summed E-state index contributed by atoms with van der Waals surface area (Å²) in [5.74, 6) is -0.370. The van der Waals surface area contributed by atoms with Crippen LogP contribution in [0.1, 0.15) is 11.3 Å². The third-order valence-corrected chi connectivity index (χ3v) is 2.77. The Hall–Kier alpha value is -2.43. The molecule has 0 atom stereocenters. The Morgan fingerprint density at radius 1 is 1.37 bits per heavy atom. The number of rotatable bonds is 4. The predicted octanol–water partition coefficient (Wildman–Crippen LogP) is 2.09. The Kier molecular flexibility index (Phi) is 3.75. The van der Waals surface area contributed by atoms with Gasteiger partial charge in [0, 0.05) is 0 Å². The summed E-state index contributed by atoms with van der Waals surface area (Å²) in [5.41, 5.74) is 3.17. The molecule has 1 aromatic carbocycles. The van der Waals surface area contributed by atoms with Gasteiger partial charge in [0.1, 0.15) is 6.33 Å². The topological polar surface area (TPSA) is 72.3 Å². The predicted molar refractivity (Wildman–Crippen MR) is 70.1 cm³/mol. The number of benzene rings is 1. The molecule has 0 amide bonds. The highest BCUT2D eigenvalue weighted by atomic mass is 16.5. The van der Waals surface area contributed by atoms with Crippen LogP contribution in [0.5, 0.6) is 5.88 Å². The van der Waals surface area contributed by atoms with Crippen LogP contribution >= 0.6 is 0 Å². The number of carbonyl (C=O) groups is 1. The number of ether oxygens (including phenoxy) is 1. The summed E-state index contributed by atoms with van der Waals surface area (Å²) in [6.07, 6.45) is 1.43. The number of carboxylic acids is 1. The van der Waals surface area contributed by atoms with E-state index < -0.39 is 5.97 Å². The van der Waals surface area contributed by atoms with Crippen LogP contribution in [-0.2, 0) is 11.2 Å². The highest BCUT2D eigenvalue weighted by molar-refractivity contribution is 5.74. The van der Waals surface area contributed by atoms with Crippen LogP contribution in [0.4, 0.5) is 0 Å². The molecule has 5 nitrogen and oxygen atoms in total. The molecule has 0 saturated heterocycles. The van der Waals surface area contributed by atoms with E-state index in [4.69, 9.17) is 9.84 Å². The van der Waals surface area contributed by atoms with Gasteiger partial charge < -0.3 is 9.84 Å². The van der Waals surface area contributed by atoms with Crippen molar-refractivity contribution >= 4 is 5.97 Å². The van der Waals surface area contributed by atoms with E-state index in [2.05, 4.69) is 9.97 Å². The van der Waals surface area contributed by atoms with Crippen LogP contribution < -0.4 is 4.74 Å². The SMILES string of the molecule is COc1ncnc(C)c1-c1cccc(CC(=O)O)c1. The molecule has 1 aromatic heterocycles. The molecule has 19 heavy (non-hydrogen) atoms. The molecule has 1 heterocycles. The molecule has 0 spiro atoms. The molecule has 0 radical (unpaired) electrons. The van der Waals surface area contributed by atoms with Gasteiger partial charge in [0.15, 0.2) is 0 Å². The summed E-state index contributed by atoms with van der Waals surface area (Å²) >= 11 is 0. The van der Waals surface area contributed by atoms with E-state index in [9.17, 15) is 4.79 Å². The standard InChI is InChI=1S/C14H14N2O3/c1-9-13(14(19-2)16-8-15-9)11-5-3-4-10(6-11)7-12(17)18/h3-6,8H,7H2,1-2H3,(H,17,18). The number of nitrogens with zero attached hydrogens (tertiary/aromatic N) is 2. The zero-order valence-electron chi connectivity index (χ0n) is 10.8. The first-order chi connectivity index (χ1) is 9.11. The lowest BCUT2D eigenvalue weighted by Crippen LogP contribution is -2.01. The normalized spacial score (nSPS) is 10.2. The molecule has 1 N–H and O–H groups in total. The molecule has 2 rings (SSSR count). The van der Waals surface area contributed by atoms with Crippen LogP contribution in [0.2, 0.25) is 0 Å². The van der Waals surface area contributed by atoms with Gasteiger partial charge in [-0.25, -0.2) is 9.97 Å². The first-order valence-corrected chi connectivity index (χ1v) is 5.78. The molecular formula is C14H14N2O3. The molecule has 0 aliphatic heterocycles. The summed E-state index contributed by atoms with van der Waals surface area (Å²) in [6, 6.07) is 7.31. The van der Waals surface area contributed by atoms with Crippen LogP contribution in [0, 0.1) is 6.92 Å². The maximum absolute atomic E-state index is 10.8. The molecule has 0 bridgehead atoms. The quantitative estimate of drug-likeness (QED) is 0.909. The fourth-order valence-electron chi connectivity index (χ4n) is 1.95. The Morgan fingerprint density at radius 2 is 2.16 bits per heavy atom. The van der Waals surface area contributed by atoms with Gasteiger partial charge in [-0.05, 0) is 18.1 Å². The number of hydrogen-bond acceptors (Lipinski definition) is 4. The van der Waals surface area contributed by atoms with E-state index >= 15 is 0 Å². The molecule has 0 fully saturated rings. The van der Waals surface area contributed by atoms with E-state index in [-0.39, 0.29) is 6.42 Å². The lowest BCUT2D eigenvalue weighted by Gasteiger charge is -2.10. The van der Waals surface area contributed by atoms with Crippen molar-refractivity contribution in [3.63, 3.8) is 0 Å². The number of aryl methyl sites for hydroxylation is 1. The van der Waals surface area contributed by atoms with Crippen molar-refractivity contribution in [2.75, 3.05) is 7.11 Å². The van der Waals surface area contributed by atoms with Crippen molar-refractivity contribution in [2.24, 2.45) is 0 Å². The minimum atomic E-state index is -0.856. The third-order valence-electron chi connectivity index (χ3n) is 2.77. The van der Waals surface area contributed by atoms with E-state index in [1.54, 1.807) is 13.2 Å². The van der Waals surface area contributed by atoms with Crippen molar-refractivity contribution in [3.05, 3.63) is 41.9 Å². The van der Waals surface area contributed by atoms with E-state index in [1.165, 1.54) is 6.33 Å². The van der Waals surface area contributed by atoms with Gasteiger partial charge >= 0.3 is 5.97 Å². The molecule has 98 valence electrons. The highest BCUT2D eigenvalue weighted by Gasteiger charge is 2.12. The number of carboxylic acid groups (broad SMARTS) is 1.